The first-order valence-corrected chi connectivity index (χ1v) is 9.53. The first kappa shape index (κ1) is 22.2. The molecule has 0 radical (unpaired) electrons. The highest BCUT2D eigenvalue weighted by Gasteiger charge is 2.31. The van der Waals surface area contributed by atoms with Gasteiger partial charge in [-0.2, -0.15) is 0 Å². The fraction of sp³-hybridized carbons (Fsp3) is 0.455. The summed E-state index contributed by atoms with van der Waals surface area (Å²) >= 11 is 0. The molecule has 2 aromatic rings. The molecule has 3 atom stereocenters. The number of benzene rings is 2. The molecule has 0 heterocycles. The fourth-order valence-electron chi connectivity index (χ4n) is 3.23. The first-order chi connectivity index (χ1) is 13.7. The quantitative estimate of drug-likeness (QED) is 0.547. The van der Waals surface area contributed by atoms with Crippen LogP contribution in [0.25, 0.3) is 0 Å². The third-order valence-corrected chi connectivity index (χ3v) is 4.55. The summed E-state index contributed by atoms with van der Waals surface area (Å²) in [5.41, 5.74) is 0. The van der Waals surface area contributed by atoms with Crippen molar-refractivity contribution >= 4 is 0 Å². The summed E-state index contributed by atoms with van der Waals surface area (Å²) in [6, 6.07) is 18.3. The summed E-state index contributed by atoms with van der Waals surface area (Å²) in [7, 11) is 1.64. The van der Waals surface area contributed by atoms with E-state index in [9.17, 15) is 10.2 Å². The second-order valence-corrected chi connectivity index (χ2v) is 6.67. The molecule has 6 nitrogen and oxygen atoms in total. The van der Waals surface area contributed by atoms with Crippen LogP contribution < -0.4 is 9.47 Å². The molecule has 0 saturated carbocycles. The maximum atomic E-state index is 10.0. The van der Waals surface area contributed by atoms with Gasteiger partial charge in [0.2, 0.25) is 0 Å². The lowest BCUT2D eigenvalue weighted by Gasteiger charge is -2.40. The Bertz CT molecular complexity index is 588. The Morgan fingerprint density at radius 2 is 1.18 bits per heavy atom. The standard InChI is InChI=1S/C22H31NO5/c1-18(15-26-2)23(19(13-24)16-27-21-9-5-3-6-10-21)20(14-25)17-28-22-11-7-4-8-12-22/h3-12,18-20,24-25H,13-17H2,1-2H3. The van der Waals surface area contributed by atoms with Crippen LogP contribution in [-0.2, 0) is 4.74 Å². The molecule has 0 aliphatic rings. The molecular formula is C22H31NO5. The molecule has 6 heteroatoms. The summed E-state index contributed by atoms with van der Waals surface area (Å²) in [6.07, 6.45) is 0. The predicted octanol–water partition coefficient (Wildman–Crippen LogP) is 2.20. The topological polar surface area (TPSA) is 71.4 Å². The van der Waals surface area contributed by atoms with Crippen LogP contribution in [0, 0.1) is 0 Å². The molecule has 2 aromatic carbocycles. The third kappa shape index (κ3) is 6.80. The van der Waals surface area contributed by atoms with Crippen molar-refractivity contribution in [3.8, 4) is 11.5 Å². The zero-order chi connectivity index (χ0) is 20.2. The fourth-order valence-corrected chi connectivity index (χ4v) is 3.23. The molecule has 154 valence electrons. The normalized spacial score (nSPS) is 14.5. The Balaban J connectivity index is 2.09. The monoisotopic (exact) mass is 389 g/mol. The van der Waals surface area contributed by atoms with Crippen LogP contribution in [0.4, 0.5) is 0 Å². The summed E-state index contributed by atoms with van der Waals surface area (Å²) in [5.74, 6) is 1.47. The Hall–Kier alpha value is -2.12. The molecule has 0 saturated heterocycles. The Morgan fingerprint density at radius 1 is 0.750 bits per heavy atom. The maximum absolute atomic E-state index is 10.0. The van der Waals surface area contributed by atoms with Crippen molar-refractivity contribution in [1.82, 2.24) is 4.90 Å². The van der Waals surface area contributed by atoms with Gasteiger partial charge in [-0.15, -0.1) is 0 Å². The summed E-state index contributed by atoms with van der Waals surface area (Å²) in [4.78, 5) is 2.02. The molecule has 2 rings (SSSR count). The number of hydrogen-bond donors (Lipinski definition) is 2. The van der Waals surface area contributed by atoms with Gasteiger partial charge in [-0.05, 0) is 31.2 Å². The number of aliphatic hydroxyl groups excluding tert-OH is 2. The molecule has 0 aromatic heterocycles. The van der Waals surface area contributed by atoms with Gasteiger partial charge < -0.3 is 24.4 Å². The molecule has 3 unspecified atom stereocenters. The minimum atomic E-state index is -0.318. The molecule has 0 spiro atoms. The number of nitrogens with zero attached hydrogens (tertiary/aromatic N) is 1. The molecule has 28 heavy (non-hydrogen) atoms. The van der Waals surface area contributed by atoms with E-state index in [1.165, 1.54) is 0 Å². The lowest BCUT2D eigenvalue weighted by atomic mass is 10.1. The lowest BCUT2D eigenvalue weighted by Crippen LogP contribution is -2.56. The number of rotatable bonds is 13. The van der Waals surface area contributed by atoms with E-state index in [1.807, 2.05) is 72.5 Å². The van der Waals surface area contributed by atoms with Gasteiger partial charge in [0.1, 0.15) is 24.7 Å². The number of hydrogen-bond acceptors (Lipinski definition) is 6. The highest BCUT2D eigenvalue weighted by Crippen LogP contribution is 2.17. The second kappa shape index (κ2) is 12.4. The van der Waals surface area contributed by atoms with Crippen molar-refractivity contribution < 1.29 is 24.4 Å². The minimum Gasteiger partial charge on any atom is -0.492 e. The SMILES string of the molecule is COCC(C)N(C(CO)COc1ccccc1)C(CO)COc1ccccc1. The molecule has 2 N–H and O–H groups in total. The van der Waals surface area contributed by atoms with Gasteiger partial charge in [-0.25, -0.2) is 0 Å². The van der Waals surface area contributed by atoms with Gasteiger partial charge in [0.15, 0.2) is 0 Å². The average molecular weight is 389 g/mol. The van der Waals surface area contributed by atoms with Gasteiger partial charge in [0, 0.05) is 13.2 Å². The van der Waals surface area contributed by atoms with E-state index in [0.717, 1.165) is 11.5 Å². The van der Waals surface area contributed by atoms with Gasteiger partial charge >= 0.3 is 0 Å². The molecule has 0 aliphatic carbocycles. The predicted molar refractivity (Wildman–Crippen MR) is 109 cm³/mol. The van der Waals surface area contributed by atoms with E-state index in [4.69, 9.17) is 14.2 Å². The lowest BCUT2D eigenvalue weighted by molar-refractivity contribution is -0.0323. The van der Waals surface area contributed by atoms with Crippen LogP contribution in [0.15, 0.2) is 60.7 Å². The van der Waals surface area contributed by atoms with Gasteiger partial charge in [-0.3, -0.25) is 4.90 Å². The Kier molecular flexibility index (Phi) is 9.79. The zero-order valence-corrected chi connectivity index (χ0v) is 16.6. The Morgan fingerprint density at radius 3 is 1.54 bits per heavy atom. The minimum absolute atomic E-state index is 0.0435. The van der Waals surface area contributed by atoms with Crippen LogP contribution in [0.5, 0.6) is 11.5 Å². The summed E-state index contributed by atoms with van der Waals surface area (Å²) < 4.78 is 17.0. The van der Waals surface area contributed by atoms with Crippen molar-refractivity contribution in [3.05, 3.63) is 60.7 Å². The van der Waals surface area contributed by atoms with Gasteiger partial charge in [0.05, 0.1) is 31.9 Å². The van der Waals surface area contributed by atoms with Gasteiger partial charge in [0.25, 0.3) is 0 Å². The second-order valence-electron chi connectivity index (χ2n) is 6.67. The van der Waals surface area contributed by atoms with Crippen molar-refractivity contribution in [2.75, 3.05) is 40.1 Å². The van der Waals surface area contributed by atoms with E-state index in [1.54, 1.807) is 7.11 Å². The number of para-hydroxylation sites is 2. The van der Waals surface area contributed by atoms with Crippen LogP contribution in [0.1, 0.15) is 6.92 Å². The zero-order valence-electron chi connectivity index (χ0n) is 16.6. The van der Waals surface area contributed by atoms with E-state index in [0.29, 0.717) is 6.61 Å². The molecule has 0 bridgehead atoms. The molecular weight excluding hydrogens is 358 g/mol. The largest absolute Gasteiger partial charge is 0.492 e. The molecule has 0 aliphatic heterocycles. The summed E-state index contributed by atoms with van der Waals surface area (Å²) in [5, 5.41) is 20.1. The molecule has 0 amide bonds. The van der Waals surface area contributed by atoms with Crippen molar-refractivity contribution in [2.24, 2.45) is 0 Å². The van der Waals surface area contributed by atoms with E-state index in [-0.39, 0.29) is 44.6 Å². The van der Waals surface area contributed by atoms with Crippen LogP contribution in [0.3, 0.4) is 0 Å². The Labute approximate surface area is 167 Å². The first-order valence-electron chi connectivity index (χ1n) is 9.53. The highest BCUT2D eigenvalue weighted by atomic mass is 16.5. The third-order valence-electron chi connectivity index (χ3n) is 4.55. The van der Waals surface area contributed by atoms with E-state index in [2.05, 4.69) is 0 Å². The number of aliphatic hydroxyl groups is 2. The van der Waals surface area contributed by atoms with Crippen molar-refractivity contribution in [1.29, 1.82) is 0 Å². The summed E-state index contributed by atoms with van der Waals surface area (Å²) in [6.45, 7) is 2.82. The number of methoxy groups -OCH3 is 1. The van der Waals surface area contributed by atoms with Crippen LogP contribution in [0.2, 0.25) is 0 Å². The van der Waals surface area contributed by atoms with E-state index < -0.39 is 0 Å². The average Bonchev–Trinajstić information content (AvgIpc) is 2.74. The maximum Gasteiger partial charge on any atom is 0.119 e. The van der Waals surface area contributed by atoms with E-state index >= 15 is 0 Å². The van der Waals surface area contributed by atoms with Crippen LogP contribution in [-0.4, -0.2) is 73.4 Å². The van der Waals surface area contributed by atoms with Crippen molar-refractivity contribution in [2.45, 2.75) is 25.0 Å². The smallest absolute Gasteiger partial charge is 0.119 e. The highest BCUT2D eigenvalue weighted by molar-refractivity contribution is 5.21. The molecule has 0 fully saturated rings. The van der Waals surface area contributed by atoms with Crippen LogP contribution >= 0.6 is 0 Å². The van der Waals surface area contributed by atoms with Gasteiger partial charge in [-0.1, -0.05) is 36.4 Å². The number of ether oxygens (including phenoxy) is 3. The van der Waals surface area contributed by atoms with Crippen molar-refractivity contribution in [3.63, 3.8) is 0 Å².